The van der Waals surface area contributed by atoms with Gasteiger partial charge < -0.3 is 5.32 Å². The van der Waals surface area contributed by atoms with E-state index in [-0.39, 0.29) is 5.41 Å². The summed E-state index contributed by atoms with van der Waals surface area (Å²) in [7, 11) is 0. The van der Waals surface area contributed by atoms with Gasteiger partial charge in [-0.2, -0.15) is 0 Å². The summed E-state index contributed by atoms with van der Waals surface area (Å²) in [6, 6.07) is 0. The monoisotopic (exact) mass is 345 g/mol. The molecule has 1 aliphatic rings. The zero-order valence-corrected chi connectivity index (χ0v) is 15.1. The van der Waals surface area contributed by atoms with E-state index in [9.17, 15) is 4.79 Å². The van der Waals surface area contributed by atoms with Gasteiger partial charge in [-0.15, -0.1) is 0 Å². The van der Waals surface area contributed by atoms with Gasteiger partial charge in [-0.3, -0.25) is 4.79 Å². The maximum Gasteiger partial charge on any atom is 0.226 e. The molecule has 0 aromatic rings. The normalized spacial score (nSPS) is 19.2. The molecule has 0 saturated heterocycles. The Morgan fingerprint density at radius 2 is 1.90 bits per heavy atom. The molecule has 0 aliphatic heterocycles. The van der Waals surface area contributed by atoms with Crippen LogP contribution in [0.25, 0.3) is 0 Å². The molecule has 20 heavy (non-hydrogen) atoms. The van der Waals surface area contributed by atoms with Crippen molar-refractivity contribution in [3.8, 4) is 0 Å². The zero-order chi connectivity index (χ0) is 15.0. The number of halogens is 1. The second-order valence-electron chi connectivity index (χ2n) is 6.93. The molecule has 2 nitrogen and oxygen atoms in total. The summed E-state index contributed by atoms with van der Waals surface area (Å²) in [4.78, 5) is 12.7. The highest BCUT2D eigenvalue weighted by Crippen LogP contribution is 2.43. The molecule has 1 fully saturated rings. The maximum absolute atomic E-state index is 12.7. The van der Waals surface area contributed by atoms with Gasteiger partial charge in [0.25, 0.3) is 0 Å². The van der Waals surface area contributed by atoms with Crippen LogP contribution in [0.15, 0.2) is 0 Å². The zero-order valence-electron chi connectivity index (χ0n) is 13.5. The molecule has 1 unspecified atom stereocenters. The minimum Gasteiger partial charge on any atom is -0.355 e. The molecule has 0 spiro atoms. The van der Waals surface area contributed by atoms with Crippen molar-refractivity contribution in [2.24, 2.45) is 17.3 Å². The summed E-state index contributed by atoms with van der Waals surface area (Å²) in [5, 5.41) is 4.31. The van der Waals surface area contributed by atoms with Gasteiger partial charge in [-0.05, 0) is 43.9 Å². The fourth-order valence-electron chi connectivity index (χ4n) is 3.69. The van der Waals surface area contributed by atoms with Crippen molar-refractivity contribution in [1.29, 1.82) is 0 Å². The molecule has 0 bridgehead atoms. The van der Waals surface area contributed by atoms with E-state index in [1.807, 2.05) is 0 Å². The standard InChI is InChI=1S/C17H32BrNO/c1-4-7-15(8-11-18)13-19-16(20)17(12-14(2)3)9-5-6-10-17/h14-15H,4-13H2,1-3H3,(H,19,20). The van der Waals surface area contributed by atoms with Gasteiger partial charge in [-0.1, -0.05) is 56.0 Å². The Morgan fingerprint density at radius 1 is 1.25 bits per heavy atom. The summed E-state index contributed by atoms with van der Waals surface area (Å²) in [6.45, 7) is 7.55. The molecule has 118 valence electrons. The fourth-order valence-corrected chi connectivity index (χ4v) is 4.34. The quantitative estimate of drug-likeness (QED) is 0.591. The van der Waals surface area contributed by atoms with E-state index < -0.39 is 0 Å². The Kier molecular flexibility index (Phi) is 8.16. The van der Waals surface area contributed by atoms with Gasteiger partial charge in [0.1, 0.15) is 0 Å². The van der Waals surface area contributed by atoms with E-state index in [0.717, 1.165) is 37.6 Å². The van der Waals surface area contributed by atoms with Gasteiger partial charge in [-0.25, -0.2) is 0 Å². The Bertz CT molecular complexity index is 279. The van der Waals surface area contributed by atoms with Gasteiger partial charge in [0.05, 0.1) is 0 Å². The average Bonchev–Trinajstić information content (AvgIpc) is 2.85. The van der Waals surface area contributed by atoms with E-state index in [1.54, 1.807) is 0 Å². The molecule has 1 atom stereocenters. The van der Waals surface area contributed by atoms with Crippen molar-refractivity contribution in [3.63, 3.8) is 0 Å². The Morgan fingerprint density at radius 3 is 2.40 bits per heavy atom. The third kappa shape index (κ3) is 5.38. The molecule has 0 aromatic carbocycles. The lowest BCUT2D eigenvalue weighted by molar-refractivity contribution is -0.132. The first-order chi connectivity index (χ1) is 9.54. The second-order valence-corrected chi connectivity index (χ2v) is 7.72. The number of alkyl halides is 1. The Balaban J connectivity index is 2.53. The topological polar surface area (TPSA) is 29.1 Å². The van der Waals surface area contributed by atoms with Crippen molar-refractivity contribution in [2.45, 2.75) is 72.1 Å². The highest BCUT2D eigenvalue weighted by molar-refractivity contribution is 9.09. The molecule has 1 aliphatic carbocycles. The number of carbonyl (C=O) groups excluding carboxylic acids is 1. The Labute approximate surface area is 133 Å². The van der Waals surface area contributed by atoms with Crippen molar-refractivity contribution in [2.75, 3.05) is 11.9 Å². The van der Waals surface area contributed by atoms with Crippen LogP contribution in [0.3, 0.4) is 0 Å². The minimum atomic E-state index is -0.0562. The van der Waals surface area contributed by atoms with Crippen molar-refractivity contribution >= 4 is 21.8 Å². The number of rotatable bonds is 9. The lowest BCUT2D eigenvalue weighted by atomic mass is 9.77. The van der Waals surface area contributed by atoms with E-state index >= 15 is 0 Å². The van der Waals surface area contributed by atoms with Crippen LogP contribution in [-0.2, 0) is 4.79 Å². The highest BCUT2D eigenvalue weighted by Gasteiger charge is 2.41. The lowest BCUT2D eigenvalue weighted by Gasteiger charge is -2.30. The van der Waals surface area contributed by atoms with Crippen LogP contribution in [0.1, 0.15) is 72.1 Å². The minimum absolute atomic E-state index is 0.0562. The van der Waals surface area contributed by atoms with Crippen molar-refractivity contribution in [3.05, 3.63) is 0 Å². The highest BCUT2D eigenvalue weighted by atomic mass is 79.9. The summed E-state index contributed by atoms with van der Waals surface area (Å²) >= 11 is 3.52. The maximum atomic E-state index is 12.7. The number of amides is 1. The lowest BCUT2D eigenvalue weighted by Crippen LogP contribution is -2.42. The summed E-state index contributed by atoms with van der Waals surface area (Å²) < 4.78 is 0. The molecule has 1 amide bonds. The number of hydrogen-bond acceptors (Lipinski definition) is 1. The number of nitrogens with one attached hydrogen (secondary N) is 1. The largest absolute Gasteiger partial charge is 0.355 e. The third-order valence-electron chi connectivity index (χ3n) is 4.61. The fraction of sp³-hybridized carbons (Fsp3) is 0.941. The van der Waals surface area contributed by atoms with Gasteiger partial charge in [0.2, 0.25) is 5.91 Å². The SMILES string of the molecule is CCCC(CCBr)CNC(=O)C1(CC(C)C)CCCC1. The molecule has 1 saturated carbocycles. The third-order valence-corrected chi connectivity index (χ3v) is 5.06. The molecule has 3 heteroatoms. The molecular formula is C17H32BrNO. The van der Waals surface area contributed by atoms with Gasteiger partial charge in [0, 0.05) is 17.3 Å². The first-order valence-corrected chi connectivity index (χ1v) is 9.50. The molecule has 1 N–H and O–H groups in total. The van der Waals surface area contributed by atoms with Crippen LogP contribution in [0.5, 0.6) is 0 Å². The molecular weight excluding hydrogens is 314 g/mol. The molecule has 0 aromatic heterocycles. The van der Waals surface area contributed by atoms with Crippen LogP contribution in [0.4, 0.5) is 0 Å². The first-order valence-electron chi connectivity index (χ1n) is 8.38. The van der Waals surface area contributed by atoms with Crippen LogP contribution in [0.2, 0.25) is 0 Å². The van der Waals surface area contributed by atoms with Crippen LogP contribution in [0, 0.1) is 17.3 Å². The predicted molar refractivity (Wildman–Crippen MR) is 90.2 cm³/mol. The Hall–Kier alpha value is -0.0500. The number of carbonyl (C=O) groups is 1. The predicted octanol–water partition coefficient (Wildman–Crippen LogP) is 4.91. The van der Waals surface area contributed by atoms with Gasteiger partial charge in [0.15, 0.2) is 0 Å². The molecule has 0 radical (unpaired) electrons. The smallest absolute Gasteiger partial charge is 0.226 e. The van der Waals surface area contributed by atoms with Crippen LogP contribution < -0.4 is 5.32 Å². The number of hydrogen-bond donors (Lipinski definition) is 1. The second kappa shape index (κ2) is 9.07. The first kappa shape index (κ1) is 18.0. The van der Waals surface area contributed by atoms with E-state index in [1.165, 1.54) is 25.7 Å². The molecule has 1 rings (SSSR count). The summed E-state index contributed by atoms with van der Waals surface area (Å²) in [5.41, 5.74) is -0.0562. The van der Waals surface area contributed by atoms with Crippen LogP contribution >= 0.6 is 15.9 Å². The van der Waals surface area contributed by atoms with E-state index in [4.69, 9.17) is 0 Å². The summed E-state index contributed by atoms with van der Waals surface area (Å²) in [5.74, 6) is 1.56. The average molecular weight is 346 g/mol. The van der Waals surface area contributed by atoms with Crippen molar-refractivity contribution < 1.29 is 4.79 Å². The van der Waals surface area contributed by atoms with E-state index in [0.29, 0.717) is 17.7 Å². The summed E-state index contributed by atoms with van der Waals surface area (Å²) in [6.07, 6.45) is 9.25. The van der Waals surface area contributed by atoms with Crippen molar-refractivity contribution in [1.82, 2.24) is 5.32 Å². The van der Waals surface area contributed by atoms with Gasteiger partial charge >= 0.3 is 0 Å². The van der Waals surface area contributed by atoms with E-state index in [2.05, 4.69) is 42.0 Å². The molecule has 0 heterocycles. The van der Waals surface area contributed by atoms with Crippen LogP contribution in [-0.4, -0.2) is 17.8 Å².